The standard InChI is InChI=1S/C20H22FN5O2/c1-13-24-25(12-14-4-3-5-17(21)8-14)20(27)26(13)18-7-6-15(9-19(18)28-2)16-10-22-23-11-16/h3-9,16,22-23H,10-12H2,1-2H3. The minimum Gasteiger partial charge on any atom is -0.495 e. The average molecular weight is 383 g/mol. The summed E-state index contributed by atoms with van der Waals surface area (Å²) in [6.45, 7) is 3.64. The number of halogens is 1. The number of nitrogens with zero attached hydrogens (tertiary/aromatic N) is 3. The second-order valence-corrected chi connectivity index (χ2v) is 6.84. The van der Waals surface area contributed by atoms with E-state index < -0.39 is 0 Å². The molecule has 1 saturated heterocycles. The van der Waals surface area contributed by atoms with Crippen LogP contribution < -0.4 is 21.3 Å². The van der Waals surface area contributed by atoms with E-state index in [4.69, 9.17) is 4.74 Å². The number of nitrogens with one attached hydrogen (secondary N) is 2. The van der Waals surface area contributed by atoms with E-state index in [0.29, 0.717) is 28.7 Å². The van der Waals surface area contributed by atoms with Crippen LogP contribution in [0.2, 0.25) is 0 Å². The first-order valence-corrected chi connectivity index (χ1v) is 9.11. The van der Waals surface area contributed by atoms with Crippen LogP contribution in [-0.2, 0) is 6.54 Å². The molecular weight excluding hydrogens is 361 g/mol. The minimum atomic E-state index is -0.338. The Labute approximate surface area is 161 Å². The highest BCUT2D eigenvalue weighted by Gasteiger charge is 2.20. The van der Waals surface area contributed by atoms with Gasteiger partial charge in [-0.05, 0) is 42.3 Å². The largest absolute Gasteiger partial charge is 0.495 e. The molecule has 0 atom stereocenters. The zero-order valence-corrected chi connectivity index (χ0v) is 15.8. The molecule has 0 saturated carbocycles. The molecule has 1 aromatic heterocycles. The van der Waals surface area contributed by atoms with Crippen LogP contribution in [0.5, 0.6) is 5.75 Å². The third-order valence-electron chi connectivity index (χ3n) is 4.96. The molecule has 7 nitrogen and oxygen atoms in total. The highest BCUT2D eigenvalue weighted by Crippen LogP contribution is 2.28. The summed E-state index contributed by atoms with van der Waals surface area (Å²) >= 11 is 0. The van der Waals surface area contributed by atoms with E-state index in [1.54, 1.807) is 26.2 Å². The van der Waals surface area contributed by atoms with Crippen LogP contribution in [0.25, 0.3) is 5.69 Å². The maximum atomic E-state index is 13.4. The predicted molar refractivity (Wildman–Crippen MR) is 103 cm³/mol. The molecule has 0 radical (unpaired) electrons. The van der Waals surface area contributed by atoms with Gasteiger partial charge in [-0.15, -0.1) is 0 Å². The Morgan fingerprint density at radius 1 is 1.21 bits per heavy atom. The molecule has 2 aromatic carbocycles. The van der Waals surface area contributed by atoms with Crippen LogP contribution in [0.3, 0.4) is 0 Å². The molecule has 2 heterocycles. The Hall–Kier alpha value is -2.97. The summed E-state index contributed by atoms with van der Waals surface area (Å²) in [4.78, 5) is 13.0. The van der Waals surface area contributed by atoms with Gasteiger partial charge in [0.05, 0.1) is 19.3 Å². The second-order valence-electron chi connectivity index (χ2n) is 6.84. The zero-order chi connectivity index (χ0) is 19.7. The van der Waals surface area contributed by atoms with Gasteiger partial charge in [0.1, 0.15) is 17.4 Å². The van der Waals surface area contributed by atoms with Gasteiger partial charge in [-0.25, -0.2) is 18.4 Å². The van der Waals surface area contributed by atoms with Crippen molar-refractivity contribution < 1.29 is 9.13 Å². The van der Waals surface area contributed by atoms with Crippen molar-refractivity contribution in [3.63, 3.8) is 0 Å². The van der Waals surface area contributed by atoms with Gasteiger partial charge in [0.25, 0.3) is 0 Å². The van der Waals surface area contributed by atoms with Crippen molar-refractivity contribution in [3.05, 3.63) is 75.7 Å². The lowest BCUT2D eigenvalue weighted by Gasteiger charge is -2.14. The van der Waals surface area contributed by atoms with E-state index in [0.717, 1.165) is 18.7 Å². The van der Waals surface area contributed by atoms with Gasteiger partial charge in [-0.2, -0.15) is 5.10 Å². The molecule has 8 heteroatoms. The predicted octanol–water partition coefficient (Wildman–Crippen LogP) is 1.73. The quantitative estimate of drug-likeness (QED) is 0.702. The molecule has 2 N–H and O–H groups in total. The number of hydrogen-bond donors (Lipinski definition) is 2. The first-order valence-electron chi connectivity index (χ1n) is 9.11. The van der Waals surface area contributed by atoms with Crippen LogP contribution in [0.1, 0.15) is 22.9 Å². The third-order valence-corrected chi connectivity index (χ3v) is 4.96. The number of hydrogen-bond acceptors (Lipinski definition) is 5. The fourth-order valence-electron chi connectivity index (χ4n) is 3.54. The summed E-state index contributed by atoms with van der Waals surface area (Å²) in [5.74, 6) is 1.16. The van der Waals surface area contributed by atoms with E-state index in [2.05, 4.69) is 16.0 Å². The van der Waals surface area contributed by atoms with Crippen molar-refractivity contribution >= 4 is 0 Å². The van der Waals surface area contributed by atoms with Gasteiger partial charge >= 0.3 is 5.69 Å². The number of ether oxygens (including phenoxy) is 1. The zero-order valence-electron chi connectivity index (χ0n) is 15.8. The molecule has 4 rings (SSSR count). The summed E-state index contributed by atoms with van der Waals surface area (Å²) in [7, 11) is 1.59. The van der Waals surface area contributed by atoms with Crippen molar-refractivity contribution in [2.75, 3.05) is 20.2 Å². The number of hydrazine groups is 1. The van der Waals surface area contributed by atoms with Crippen LogP contribution in [0, 0.1) is 12.7 Å². The molecule has 0 spiro atoms. The Kier molecular flexibility index (Phi) is 4.97. The summed E-state index contributed by atoms with van der Waals surface area (Å²) < 4.78 is 21.9. The fraction of sp³-hybridized carbons (Fsp3) is 0.300. The maximum Gasteiger partial charge on any atom is 0.351 e. The molecule has 1 fully saturated rings. The molecule has 3 aromatic rings. The monoisotopic (exact) mass is 383 g/mol. The number of aryl methyl sites for hydroxylation is 1. The van der Waals surface area contributed by atoms with E-state index in [1.165, 1.54) is 21.4 Å². The first-order chi connectivity index (χ1) is 13.6. The molecule has 0 bridgehead atoms. The Morgan fingerprint density at radius 3 is 2.71 bits per heavy atom. The summed E-state index contributed by atoms with van der Waals surface area (Å²) in [5.41, 5.74) is 8.39. The molecule has 1 aliphatic heterocycles. The fourth-order valence-corrected chi connectivity index (χ4v) is 3.54. The molecule has 146 valence electrons. The van der Waals surface area contributed by atoms with Crippen LogP contribution in [0.15, 0.2) is 47.3 Å². The normalized spacial score (nSPS) is 14.5. The Balaban J connectivity index is 1.71. The molecule has 0 amide bonds. The van der Waals surface area contributed by atoms with Crippen molar-refractivity contribution in [2.24, 2.45) is 0 Å². The van der Waals surface area contributed by atoms with Crippen LogP contribution in [0.4, 0.5) is 4.39 Å². The van der Waals surface area contributed by atoms with E-state index in [-0.39, 0.29) is 18.1 Å². The van der Waals surface area contributed by atoms with Crippen LogP contribution >= 0.6 is 0 Å². The van der Waals surface area contributed by atoms with Gasteiger partial charge in [-0.1, -0.05) is 18.2 Å². The lowest BCUT2D eigenvalue weighted by atomic mass is 9.99. The van der Waals surface area contributed by atoms with E-state index in [1.807, 2.05) is 18.2 Å². The SMILES string of the molecule is COc1cc(C2CNNC2)ccc1-n1c(C)nn(Cc2cccc(F)c2)c1=O. The number of aromatic nitrogens is 3. The number of benzene rings is 2. The highest BCUT2D eigenvalue weighted by atomic mass is 19.1. The highest BCUT2D eigenvalue weighted by molar-refractivity contribution is 5.50. The molecular formula is C20H22FN5O2. The molecule has 1 aliphatic rings. The molecule has 0 unspecified atom stereocenters. The van der Waals surface area contributed by atoms with Gasteiger partial charge < -0.3 is 4.74 Å². The maximum absolute atomic E-state index is 13.4. The second kappa shape index (κ2) is 7.57. The van der Waals surface area contributed by atoms with Crippen molar-refractivity contribution in [3.8, 4) is 11.4 Å². The lowest BCUT2D eigenvalue weighted by molar-refractivity contribution is 0.411. The number of rotatable bonds is 5. The van der Waals surface area contributed by atoms with Crippen LogP contribution in [-0.4, -0.2) is 34.5 Å². The van der Waals surface area contributed by atoms with Gasteiger partial charge in [0, 0.05) is 19.0 Å². The molecule has 28 heavy (non-hydrogen) atoms. The lowest BCUT2D eigenvalue weighted by Crippen LogP contribution is -2.25. The third kappa shape index (κ3) is 3.44. The average Bonchev–Trinajstić information content (AvgIpc) is 3.31. The Morgan fingerprint density at radius 2 is 2.00 bits per heavy atom. The van der Waals surface area contributed by atoms with Crippen molar-refractivity contribution in [1.29, 1.82) is 0 Å². The van der Waals surface area contributed by atoms with Gasteiger partial charge in [0.2, 0.25) is 0 Å². The van der Waals surface area contributed by atoms with Gasteiger partial charge in [0.15, 0.2) is 0 Å². The smallest absolute Gasteiger partial charge is 0.351 e. The van der Waals surface area contributed by atoms with E-state index >= 15 is 0 Å². The summed E-state index contributed by atoms with van der Waals surface area (Å²) in [5, 5.41) is 4.36. The Bertz CT molecular complexity index is 1050. The summed E-state index contributed by atoms with van der Waals surface area (Å²) in [6, 6.07) is 12.0. The van der Waals surface area contributed by atoms with E-state index in [9.17, 15) is 9.18 Å². The van der Waals surface area contributed by atoms with Gasteiger partial charge in [-0.3, -0.25) is 10.9 Å². The first kappa shape index (κ1) is 18.4. The molecule has 0 aliphatic carbocycles. The number of methoxy groups -OCH3 is 1. The minimum absolute atomic E-state index is 0.199. The topological polar surface area (TPSA) is 73.1 Å². The van der Waals surface area contributed by atoms with Crippen molar-refractivity contribution in [2.45, 2.75) is 19.4 Å². The summed E-state index contributed by atoms with van der Waals surface area (Å²) in [6.07, 6.45) is 0. The van der Waals surface area contributed by atoms with Crippen molar-refractivity contribution in [1.82, 2.24) is 25.2 Å².